The fraction of sp³-hybridized carbons (Fsp3) is 0.625. The van der Waals surface area contributed by atoms with E-state index >= 15 is 0 Å². The summed E-state index contributed by atoms with van der Waals surface area (Å²) in [4.78, 5) is 5.04. The molecule has 110 valence electrons. The summed E-state index contributed by atoms with van der Waals surface area (Å²) >= 11 is 0. The summed E-state index contributed by atoms with van der Waals surface area (Å²) in [6.45, 7) is 5.26. The lowest BCUT2D eigenvalue weighted by molar-refractivity contribution is 0.0937. The number of rotatable bonds is 3. The molecule has 3 rings (SSSR count). The number of piperazine rings is 1. The first kappa shape index (κ1) is 13.8. The monoisotopic (exact) mass is 277 g/mol. The maximum atomic E-state index is 13.3. The molecule has 1 aromatic carbocycles. The van der Waals surface area contributed by atoms with Crippen molar-refractivity contribution in [3.63, 3.8) is 0 Å². The molecule has 1 aromatic rings. The predicted molar refractivity (Wildman–Crippen MR) is 79.9 cm³/mol. The van der Waals surface area contributed by atoms with E-state index in [0.29, 0.717) is 5.69 Å². The van der Waals surface area contributed by atoms with Crippen LogP contribution < -0.4 is 5.73 Å². The SMILES string of the molecule is Nc1cc(F)cc(CN2CCN(C3CCCC3)CC2)c1. The van der Waals surface area contributed by atoms with Gasteiger partial charge in [-0.3, -0.25) is 9.80 Å². The minimum Gasteiger partial charge on any atom is -0.399 e. The average molecular weight is 277 g/mol. The third-order valence-corrected chi connectivity index (χ3v) is 4.63. The summed E-state index contributed by atoms with van der Waals surface area (Å²) in [5, 5.41) is 0. The van der Waals surface area contributed by atoms with Crippen molar-refractivity contribution >= 4 is 5.69 Å². The Hall–Kier alpha value is -1.13. The normalized spacial score (nSPS) is 22.4. The fourth-order valence-electron chi connectivity index (χ4n) is 3.58. The molecule has 1 saturated carbocycles. The minimum absolute atomic E-state index is 0.232. The molecule has 2 aliphatic rings. The van der Waals surface area contributed by atoms with Gasteiger partial charge in [0.25, 0.3) is 0 Å². The molecule has 0 aromatic heterocycles. The van der Waals surface area contributed by atoms with E-state index in [-0.39, 0.29) is 5.82 Å². The van der Waals surface area contributed by atoms with E-state index in [1.165, 1.54) is 31.7 Å². The first-order chi connectivity index (χ1) is 9.70. The van der Waals surface area contributed by atoms with Gasteiger partial charge in [-0.2, -0.15) is 0 Å². The maximum absolute atomic E-state index is 13.3. The topological polar surface area (TPSA) is 32.5 Å². The molecular formula is C16H24FN3. The average Bonchev–Trinajstić information content (AvgIpc) is 2.92. The summed E-state index contributed by atoms with van der Waals surface area (Å²) in [7, 11) is 0. The molecule has 1 saturated heterocycles. The van der Waals surface area contributed by atoms with E-state index < -0.39 is 0 Å². The van der Waals surface area contributed by atoms with E-state index in [4.69, 9.17) is 5.73 Å². The highest BCUT2D eigenvalue weighted by Crippen LogP contribution is 2.24. The minimum atomic E-state index is -0.232. The number of hydrogen-bond acceptors (Lipinski definition) is 3. The number of halogens is 1. The van der Waals surface area contributed by atoms with E-state index in [9.17, 15) is 4.39 Å². The molecule has 0 spiro atoms. The Morgan fingerprint density at radius 1 is 1.05 bits per heavy atom. The molecule has 0 amide bonds. The largest absolute Gasteiger partial charge is 0.399 e. The Labute approximate surface area is 120 Å². The van der Waals surface area contributed by atoms with Crippen LogP contribution in [0.25, 0.3) is 0 Å². The second-order valence-corrected chi connectivity index (χ2v) is 6.14. The second-order valence-electron chi connectivity index (χ2n) is 6.14. The van der Waals surface area contributed by atoms with E-state index in [0.717, 1.165) is 44.3 Å². The molecule has 1 aliphatic carbocycles. The Morgan fingerprint density at radius 3 is 2.40 bits per heavy atom. The zero-order valence-corrected chi connectivity index (χ0v) is 12.0. The van der Waals surface area contributed by atoms with Crippen molar-refractivity contribution in [3.05, 3.63) is 29.6 Å². The molecule has 0 atom stereocenters. The fourth-order valence-corrected chi connectivity index (χ4v) is 3.58. The van der Waals surface area contributed by atoms with Crippen LogP contribution in [0.1, 0.15) is 31.2 Å². The second kappa shape index (κ2) is 6.10. The smallest absolute Gasteiger partial charge is 0.125 e. The van der Waals surface area contributed by atoms with Crippen molar-refractivity contribution in [2.45, 2.75) is 38.3 Å². The van der Waals surface area contributed by atoms with Gasteiger partial charge in [0.2, 0.25) is 0 Å². The number of nitrogen functional groups attached to an aromatic ring is 1. The van der Waals surface area contributed by atoms with Gasteiger partial charge in [-0.25, -0.2) is 4.39 Å². The zero-order valence-electron chi connectivity index (χ0n) is 12.0. The Kier molecular flexibility index (Phi) is 4.22. The standard InChI is InChI=1S/C16H24FN3/c17-14-9-13(10-15(18)11-14)12-19-5-7-20(8-6-19)16-3-1-2-4-16/h9-11,16H,1-8,12,18H2. The molecule has 4 heteroatoms. The van der Waals surface area contributed by atoms with Gasteiger partial charge >= 0.3 is 0 Å². The number of nitrogens with zero attached hydrogens (tertiary/aromatic N) is 2. The van der Waals surface area contributed by atoms with Crippen molar-refractivity contribution in [1.29, 1.82) is 0 Å². The molecule has 3 nitrogen and oxygen atoms in total. The Balaban J connectivity index is 1.53. The van der Waals surface area contributed by atoms with E-state index in [1.807, 2.05) is 6.07 Å². The number of anilines is 1. The van der Waals surface area contributed by atoms with Crippen LogP contribution in [0, 0.1) is 5.82 Å². The van der Waals surface area contributed by atoms with Gasteiger partial charge in [-0.1, -0.05) is 12.8 Å². The van der Waals surface area contributed by atoms with Crippen LogP contribution in [0.2, 0.25) is 0 Å². The molecule has 1 heterocycles. The molecule has 0 bridgehead atoms. The summed E-state index contributed by atoms with van der Waals surface area (Å²) in [6.07, 6.45) is 5.54. The van der Waals surface area contributed by atoms with Gasteiger partial charge in [0.15, 0.2) is 0 Å². The van der Waals surface area contributed by atoms with Gasteiger partial charge in [-0.15, -0.1) is 0 Å². The molecule has 20 heavy (non-hydrogen) atoms. The third kappa shape index (κ3) is 3.30. The Bertz CT molecular complexity index is 429. The molecule has 2 N–H and O–H groups in total. The van der Waals surface area contributed by atoms with Crippen LogP contribution >= 0.6 is 0 Å². The van der Waals surface area contributed by atoms with Crippen molar-refractivity contribution in [1.82, 2.24) is 9.80 Å². The lowest BCUT2D eigenvalue weighted by Crippen LogP contribution is -2.49. The predicted octanol–water partition coefficient (Wildman–Crippen LogP) is 2.47. The number of nitrogens with two attached hydrogens (primary N) is 1. The van der Waals surface area contributed by atoms with Crippen molar-refractivity contribution in [2.75, 3.05) is 31.9 Å². The highest BCUT2D eigenvalue weighted by molar-refractivity contribution is 5.41. The highest BCUT2D eigenvalue weighted by atomic mass is 19.1. The summed E-state index contributed by atoms with van der Waals surface area (Å²) in [5.74, 6) is -0.232. The molecule has 0 unspecified atom stereocenters. The first-order valence-electron chi connectivity index (χ1n) is 7.72. The maximum Gasteiger partial charge on any atom is 0.125 e. The lowest BCUT2D eigenvalue weighted by atomic mass is 10.1. The highest BCUT2D eigenvalue weighted by Gasteiger charge is 2.25. The van der Waals surface area contributed by atoms with Crippen LogP contribution in [-0.4, -0.2) is 42.0 Å². The van der Waals surface area contributed by atoms with Gasteiger partial charge in [0.05, 0.1) is 0 Å². The first-order valence-corrected chi connectivity index (χ1v) is 7.72. The zero-order chi connectivity index (χ0) is 13.9. The van der Waals surface area contributed by atoms with E-state index in [2.05, 4.69) is 9.80 Å². The number of hydrogen-bond donors (Lipinski definition) is 1. The number of benzene rings is 1. The van der Waals surface area contributed by atoms with Gasteiger partial charge in [-0.05, 0) is 36.6 Å². The molecule has 2 fully saturated rings. The summed E-state index contributed by atoms with van der Waals surface area (Å²) in [5.41, 5.74) is 7.20. The van der Waals surface area contributed by atoms with Gasteiger partial charge < -0.3 is 5.73 Å². The van der Waals surface area contributed by atoms with Crippen LogP contribution in [0.5, 0.6) is 0 Å². The van der Waals surface area contributed by atoms with Crippen LogP contribution in [0.4, 0.5) is 10.1 Å². The van der Waals surface area contributed by atoms with Crippen molar-refractivity contribution in [2.24, 2.45) is 0 Å². The summed E-state index contributed by atoms with van der Waals surface area (Å²) < 4.78 is 13.3. The quantitative estimate of drug-likeness (QED) is 0.862. The van der Waals surface area contributed by atoms with Crippen LogP contribution in [0.3, 0.4) is 0 Å². The van der Waals surface area contributed by atoms with E-state index in [1.54, 1.807) is 6.07 Å². The Morgan fingerprint density at radius 2 is 1.75 bits per heavy atom. The molecule has 0 radical (unpaired) electrons. The molecule has 1 aliphatic heterocycles. The summed E-state index contributed by atoms with van der Waals surface area (Å²) in [6, 6.07) is 5.68. The van der Waals surface area contributed by atoms with Crippen molar-refractivity contribution < 1.29 is 4.39 Å². The molecular weight excluding hydrogens is 253 g/mol. The van der Waals surface area contributed by atoms with Gasteiger partial charge in [0.1, 0.15) is 5.82 Å². The van der Waals surface area contributed by atoms with Crippen LogP contribution in [-0.2, 0) is 6.54 Å². The van der Waals surface area contributed by atoms with Crippen LogP contribution in [0.15, 0.2) is 18.2 Å². The third-order valence-electron chi connectivity index (χ3n) is 4.63. The van der Waals surface area contributed by atoms with Gasteiger partial charge in [0, 0.05) is 44.5 Å². The van der Waals surface area contributed by atoms with Crippen molar-refractivity contribution in [3.8, 4) is 0 Å². The lowest BCUT2D eigenvalue weighted by Gasteiger charge is -2.38.